The Morgan fingerprint density at radius 3 is 2.34 bits per heavy atom. The third-order valence-corrected chi connectivity index (χ3v) is 5.92. The van der Waals surface area contributed by atoms with E-state index in [1.807, 2.05) is 24.3 Å². The number of hydrogen-bond donors (Lipinski definition) is 1. The first kappa shape index (κ1) is 27.6. The van der Waals surface area contributed by atoms with Crippen molar-refractivity contribution in [2.24, 2.45) is 0 Å². The number of benzene rings is 2. The number of ether oxygens (including phenoxy) is 2. The third kappa shape index (κ3) is 8.56. The second-order valence-corrected chi connectivity index (χ2v) is 8.51. The fourth-order valence-electron chi connectivity index (χ4n) is 3.04. The van der Waals surface area contributed by atoms with Gasteiger partial charge in [-0.1, -0.05) is 31.2 Å². The highest BCUT2D eigenvalue weighted by Crippen LogP contribution is 2.28. The lowest BCUT2D eigenvalue weighted by Gasteiger charge is -2.16. The number of thioether (sulfide) groups is 1. The molecule has 188 valence electrons. The van der Waals surface area contributed by atoms with Gasteiger partial charge in [-0.15, -0.1) is 10.1 Å². The molecule has 0 fully saturated rings. The molecule has 0 aliphatic rings. The minimum Gasteiger partial charge on any atom is -0.497 e. The minimum absolute atomic E-state index is 0.139. The molecule has 12 heteroatoms. The van der Waals surface area contributed by atoms with E-state index in [9.17, 15) is 29.3 Å². The smallest absolute Gasteiger partial charge is 0.337 e. The molecule has 0 saturated heterocycles. The molecule has 35 heavy (non-hydrogen) atoms. The van der Waals surface area contributed by atoms with Crippen molar-refractivity contribution in [2.75, 3.05) is 20.3 Å². The molecule has 0 saturated carbocycles. The van der Waals surface area contributed by atoms with E-state index in [0.717, 1.165) is 17.7 Å². The summed E-state index contributed by atoms with van der Waals surface area (Å²) in [7, 11) is 1.57. The molecule has 1 amide bonds. The van der Waals surface area contributed by atoms with Crippen molar-refractivity contribution in [3.8, 4) is 5.75 Å². The first-order valence-electron chi connectivity index (χ1n) is 10.7. The molecule has 0 aliphatic heterocycles. The predicted molar refractivity (Wildman–Crippen MR) is 127 cm³/mol. The Morgan fingerprint density at radius 1 is 1.03 bits per heavy atom. The molecule has 0 spiro atoms. The van der Waals surface area contributed by atoms with Crippen molar-refractivity contribution < 1.29 is 38.6 Å². The Balaban J connectivity index is 1.99. The highest BCUT2D eigenvalue weighted by atomic mass is 32.2. The molecule has 1 N–H and O–H groups in total. The van der Waals surface area contributed by atoms with Gasteiger partial charge in [0.05, 0.1) is 26.2 Å². The zero-order valence-electron chi connectivity index (χ0n) is 19.5. The Morgan fingerprint density at radius 2 is 1.69 bits per heavy atom. The van der Waals surface area contributed by atoms with Gasteiger partial charge in [-0.25, -0.2) is 4.79 Å². The first-order valence-corrected chi connectivity index (χ1v) is 11.5. The van der Waals surface area contributed by atoms with Crippen LogP contribution in [0.3, 0.4) is 0 Å². The van der Waals surface area contributed by atoms with Gasteiger partial charge < -0.3 is 19.6 Å². The molecule has 2 aromatic rings. The normalized spacial score (nSPS) is 12.3. The zero-order valence-corrected chi connectivity index (χ0v) is 20.3. The molecule has 0 aliphatic carbocycles. The predicted octanol–water partition coefficient (Wildman–Crippen LogP) is 2.77. The zero-order chi connectivity index (χ0) is 26.0. The number of esters is 1. The second-order valence-electron chi connectivity index (χ2n) is 7.50. The van der Waals surface area contributed by atoms with Gasteiger partial charge in [0.15, 0.2) is 6.04 Å². The molecule has 2 unspecified atom stereocenters. The molecule has 11 nitrogen and oxygen atoms in total. The van der Waals surface area contributed by atoms with Gasteiger partial charge in [-0.3, -0.25) is 14.4 Å². The van der Waals surface area contributed by atoms with Crippen LogP contribution < -0.4 is 10.1 Å². The van der Waals surface area contributed by atoms with Crippen molar-refractivity contribution in [3.63, 3.8) is 0 Å². The van der Waals surface area contributed by atoms with Gasteiger partial charge in [0.25, 0.3) is 5.09 Å². The van der Waals surface area contributed by atoms with E-state index < -0.39 is 39.2 Å². The van der Waals surface area contributed by atoms with E-state index in [-0.39, 0.29) is 26.1 Å². The molecule has 2 rings (SSSR count). The molecule has 0 radical (unpaired) electrons. The number of methoxy groups -OCH3 is 1. The van der Waals surface area contributed by atoms with Crippen LogP contribution in [0.2, 0.25) is 0 Å². The number of nitrogens with zero attached hydrogens (tertiary/aromatic N) is 1. The van der Waals surface area contributed by atoms with Crippen molar-refractivity contribution in [1.29, 1.82) is 0 Å². The van der Waals surface area contributed by atoms with E-state index in [0.29, 0.717) is 23.1 Å². The highest BCUT2D eigenvalue weighted by molar-refractivity contribution is 8.26. The Labute approximate surface area is 205 Å². The average Bonchev–Trinajstić information content (AvgIpc) is 2.82. The maximum Gasteiger partial charge on any atom is 0.337 e. The van der Waals surface area contributed by atoms with Crippen LogP contribution in [0.25, 0.3) is 10.8 Å². The quantitative estimate of drug-likeness (QED) is 0.150. The Bertz CT molecular complexity index is 1110. The molecule has 2 aromatic carbocycles. The summed E-state index contributed by atoms with van der Waals surface area (Å²) in [6.07, 6.45) is 0.494. The Kier molecular flexibility index (Phi) is 10.5. The lowest BCUT2D eigenvalue weighted by Crippen LogP contribution is -2.46. The number of hydrogen-bond acceptors (Lipinski definition) is 10. The van der Waals surface area contributed by atoms with E-state index in [1.54, 1.807) is 26.2 Å². The molecule has 0 heterocycles. The largest absolute Gasteiger partial charge is 0.497 e. The summed E-state index contributed by atoms with van der Waals surface area (Å²) >= 11 is 0.335. The SMILES string of the molecule is COc1ccc2cc(C(C)C(=O)SC(=O)C(NC(C)=O)C(=O)OCCCCO[N+](=O)[O-])ccc2c1. The third-order valence-electron chi connectivity index (χ3n) is 4.92. The minimum atomic E-state index is -1.66. The van der Waals surface area contributed by atoms with Crippen LogP contribution in [0.15, 0.2) is 36.4 Å². The van der Waals surface area contributed by atoms with Crippen molar-refractivity contribution in [1.82, 2.24) is 5.32 Å². The van der Waals surface area contributed by atoms with Crippen molar-refractivity contribution in [3.05, 3.63) is 52.1 Å². The van der Waals surface area contributed by atoms with Crippen molar-refractivity contribution >= 4 is 44.6 Å². The van der Waals surface area contributed by atoms with Crippen LogP contribution in [0.4, 0.5) is 0 Å². The summed E-state index contributed by atoms with van der Waals surface area (Å²) in [4.78, 5) is 63.6. The molecular weight excluding hydrogens is 480 g/mol. The van der Waals surface area contributed by atoms with Crippen LogP contribution in [0.1, 0.15) is 38.2 Å². The van der Waals surface area contributed by atoms with E-state index in [1.165, 1.54) is 0 Å². The molecule has 0 bridgehead atoms. The number of carbonyl (C=O) groups excluding carboxylic acids is 4. The second kappa shape index (κ2) is 13.3. The van der Waals surface area contributed by atoms with Gasteiger partial charge in [0, 0.05) is 6.92 Å². The van der Waals surface area contributed by atoms with E-state index >= 15 is 0 Å². The number of unbranched alkanes of at least 4 members (excludes halogenated alkanes) is 1. The summed E-state index contributed by atoms with van der Waals surface area (Å²) in [5, 5.41) is 11.8. The number of carbonyl (C=O) groups is 4. The lowest BCUT2D eigenvalue weighted by atomic mass is 9.99. The Hall–Kier alpha value is -3.67. The van der Waals surface area contributed by atoms with Gasteiger partial charge in [-0.05, 0) is 53.1 Å². The fourth-order valence-corrected chi connectivity index (χ4v) is 3.82. The maximum absolute atomic E-state index is 12.8. The number of fused-ring (bicyclic) bond motifs is 1. The fraction of sp³-hybridized carbons (Fsp3) is 0.391. The summed E-state index contributed by atoms with van der Waals surface area (Å²) in [5.41, 5.74) is 0.684. The van der Waals surface area contributed by atoms with Crippen LogP contribution in [0, 0.1) is 10.1 Å². The van der Waals surface area contributed by atoms with Gasteiger partial charge in [0.2, 0.25) is 16.1 Å². The lowest BCUT2D eigenvalue weighted by molar-refractivity contribution is -0.757. The van der Waals surface area contributed by atoms with Gasteiger partial charge in [-0.2, -0.15) is 0 Å². The topological polar surface area (TPSA) is 151 Å². The van der Waals surface area contributed by atoms with Crippen LogP contribution >= 0.6 is 11.8 Å². The average molecular weight is 507 g/mol. The van der Waals surface area contributed by atoms with Crippen LogP contribution in [-0.2, 0) is 28.8 Å². The first-order chi connectivity index (χ1) is 16.6. The standard InChI is InChI=1S/C23H26N2O9S/c1-14(16-6-7-18-13-19(32-3)9-8-17(18)12-16)22(28)35-23(29)20(24-15(2)26)21(27)33-10-4-5-11-34-25(30)31/h6-9,12-14,20H,4-5,10-11H2,1-3H3,(H,24,26). The van der Waals surface area contributed by atoms with Crippen LogP contribution in [0.5, 0.6) is 5.75 Å². The summed E-state index contributed by atoms with van der Waals surface area (Å²) in [6.45, 7) is 2.47. The summed E-state index contributed by atoms with van der Waals surface area (Å²) in [5.74, 6) is -1.62. The number of rotatable bonds is 12. The van der Waals surface area contributed by atoms with E-state index in [2.05, 4.69) is 10.2 Å². The number of nitrogens with one attached hydrogen (secondary N) is 1. The van der Waals surface area contributed by atoms with E-state index in [4.69, 9.17) is 9.47 Å². The summed E-state index contributed by atoms with van der Waals surface area (Å²) in [6, 6.07) is 9.32. The monoisotopic (exact) mass is 506 g/mol. The maximum atomic E-state index is 12.8. The highest BCUT2D eigenvalue weighted by Gasteiger charge is 2.32. The van der Waals surface area contributed by atoms with Crippen molar-refractivity contribution in [2.45, 2.75) is 38.6 Å². The van der Waals surface area contributed by atoms with Crippen LogP contribution in [-0.4, -0.2) is 53.6 Å². The molecule has 2 atom stereocenters. The molecular formula is C23H26N2O9S. The molecule has 0 aromatic heterocycles. The van der Waals surface area contributed by atoms with Gasteiger partial charge >= 0.3 is 5.97 Å². The summed E-state index contributed by atoms with van der Waals surface area (Å²) < 4.78 is 10.2. The van der Waals surface area contributed by atoms with Gasteiger partial charge in [0.1, 0.15) is 5.75 Å². The number of amides is 1.